The molecule has 4 rings (SSSR count). The summed E-state index contributed by atoms with van der Waals surface area (Å²) in [6.45, 7) is 4.78. The van der Waals surface area contributed by atoms with Crippen molar-refractivity contribution >= 4 is 23.2 Å². The lowest BCUT2D eigenvalue weighted by Gasteiger charge is -2.64. The SMILES string of the molecule is CN(C)C(=S)NC(=O)C12CC3C[C@@](C)(C1)C[C@@](C)(C3)C2. The zero-order valence-electron chi connectivity index (χ0n) is 13.1. The second-order valence-electron chi connectivity index (χ2n) is 8.56. The summed E-state index contributed by atoms with van der Waals surface area (Å²) in [4.78, 5) is 14.7. The van der Waals surface area contributed by atoms with Crippen molar-refractivity contribution in [1.82, 2.24) is 10.2 Å². The van der Waals surface area contributed by atoms with Gasteiger partial charge in [-0.05, 0) is 67.5 Å². The lowest BCUT2D eigenvalue weighted by molar-refractivity contribution is -0.168. The summed E-state index contributed by atoms with van der Waals surface area (Å²) >= 11 is 5.26. The van der Waals surface area contributed by atoms with Gasteiger partial charge in [-0.15, -0.1) is 0 Å². The van der Waals surface area contributed by atoms with Gasteiger partial charge in [0.05, 0.1) is 5.41 Å². The molecule has 4 fully saturated rings. The number of nitrogens with zero attached hydrogens (tertiary/aromatic N) is 1. The van der Waals surface area contributed by atoms with Gasteiger partial charge >= 0.3 is 0 Å². The minimum Gasteiger partial charge on any atom is -0.355 e. The third kappa shape index (κ3) is 2.16. The van der Waals surface area contributed by atoms with E-state index in [-0.39, 0.29) is 11.3 Å². The van der Waals surface area contributed by atoms with Crippen molar-refractivity contribution < 1.29 is 4.79 Å². The van der Waals surface area contributed by atoms with Crippen LogP contribution in [0.1, 0.15) is 52.4 Å². The average Bonchev–Trinajstić information content (AvgIpc) is 2.23. The van der Waals surface area contributed by atoms with Crippen molar-refractivity contribution in [2.24, 2.45) is 22.2 Å². The van der Waals surface area contributed by atoms with Gasteiger partial charge in [0.1, 0.15) is 0 Å². The highest BCUT2D eigenvalue weighted by atomic mass is 32.1. The summed E-state index contributed by atoms with van der Waals surface area (Å²) in [5.74, 6) is 0.915. The second-order valence-corrected chi connectivity index (χ2v) is 8.95. The number of hydrogen-bond donors (Lipinski definition) is 1. The van der Waals surface area contributed by atoms with E-state index in [0.717, 1.165) is 25.2 Å². The molecule has 1 N–H and O–H groups in total. The van der Waals surface area contributed by atoms with Crippen LogP contribution in [0.2, 0.25) is 0 Å². The molecule has 2 atom stereocenters. The fourth-order valence-corrected chi connectivity index (χ4v) is 6.14. The monoisotopic (exact) mass is 294 g/mol. The van der Waals surface area contributed by atoms with Crippen LogP contribution in [0, 0.1) is 22.2 Å². The first kappa shape index (κ1) is 14.3. The predicted molar refractivity (Wildman–Crippen MR) is 84.3 cm³/mol. The minimum absolute atomic E-state index is 0.164. The van der Waals surface area contributed by atoms with E-state index in [1.165, 1.54) is 19.3 Å². The summed E-state index contributed by atoms with van der Waals surface area (Å²) in [7, 11) is 3.76. The molecule has 0 aromatic rings. The number of hydrogen-bond acceptors (Lipinski definition) is 2. The highest BCUT2D eigenvalue weighted by Gasteiger charge is 2.62. The molecule has 0 radical (unpaired) electrons. The summed E-state index contributed by atoms with van der Waals surface area (Å²) in [6.07, 6.45) is 7.09. The molecular formula is C16H26N2OS. The molecule has 0 aromatic heterocycles. The molecule has 4 aliphatic rings. The van der Waals surface area contributed by atoms with Crippen LogP contribution in [0.25, 0.3) is 0 Å². The van der Waals surface area contributed by atoms with Crippen LogP contribution >= 0.6 is 12.2 Å². The number of thiocarbonyl (C=S) groups is 1. The zero-order valence-corrected chi connectivity index (χ0v) is 13.9. The van der Waals surface area contributed by atoms with Crippen LogP contribution in [0.4, 0.5) is 0 Å². The largest absolute Gasteiger partial charge is 0.355 e. The Bertz CT molecular complexity index is 455. The third-order valence-electron chi connectivity index (χ3n) is 5.73. The molecule has 0 heterocycles. The molecule has 0 aliphatic heterocycles. The number of carbonyl (C=O) groups excluding carboxylic acids is 1. The van der Waals surface area contributed by atoms with E-state index in [9.17, 15) is 4.79 Å². The van der Waals surface area contributed by atoms with Crippen molar-refractivity contribution in [3.63, 3.8) is 0 Å². The van der Waals surface area contributed by atoms with Crippen molar-refractivity contribution in [2.45, 2.75) is 52.4 Å². The molecule has 0 unspecified atom stereocenters. The Morgan fingerprint density at radius 1 is 1.10 bits per heavy atom. The predicted octanol–water partition coefficient (Wildman–Crippen LogP) is 2.95. The first-order valence-corrected chi connectivity index (χ1v) is 8.09. The Morgan fingerprint density at radius 3 is 2.10 bits per heavy atom. The molecule has 20 heavy (non-hydrogen) atoms. The maximum atomic E-state index is 12.9. The number of carbonyl (C=O) groups is 1. The third-order valence-corrected chi connectivity index (χ3v) is 6.20. The minimum atomic E-state index is -0.164. The first-order chi connectivity index (χ1) is 9.15. The van der Waals surface area contributed by atoms with E-state index in [0.29, 0.717) is 15.9 Å². The van der Waals surface area contributed by atoms with Gasteiger partial charge in [0.2, 0.25) is 5.91 Å². The van der Waals surface area contributed by atoms with Crippen LogP contribution < -0.4 is 5.32 Å². The Morgan fingerprint density at radius 2 is 1.65 bits per heavy atom. The van der Waals surface area contributed by atoms with Crippen LogP contribution in [0.3, 0.4) is 0 Å². The molecule has 0 aromatic carbocycles. The molecule has 112 valence electrons. The zero-order chi connectivity index (χ0) is 14.8. The van der Waals surface area contributed by atoms with Gasteiger partial charge in [-0.1, -0.05) is 13.8 Å². The Balaban J connectivity index is 1.85. The number of amides is 1. The summed E-state index contributed by atoms with van der Waals surface area (Å²) in [6, 6.07) is 0. The van der Waals surface area contributed by atoms with Gasteiger partial charge < -0.3 is 10.2 Å². The highest BCUT2D eigenvalue weighted by Crippen LogP contribution is 2.69. The molecule has 0 saturated heterocycles. The average molecular weight is 294 g/mol. The molecule has 4 bridgehead atoms. The first-order valence-electron chi connectivity index (χ1n) is 7.68. The van der Waals surface area contributed by atoms with E-state index in [4.69, 9.17) is 12.2 Å². The number of rotatable bonds is 1. The maximum absolute atomic E-state index is 12.9. The van der Waals surface area contributed by atoms with E-state index >= 15 is 0 Å². The van der Waals surface area contributed by atoms with Crippen LogP contribution in [-0.2, 0) is 4.79 Å². The van der Waals surface area contributed by atoms with Crippen LogP contribution in [0.15, 0.2) is 0 Å². The fraction of sp³-hybridized carbons (Fsp3) is 0.875. The van der Waals surface area contributed by atoms with Crippen molar-refractivity contribution in [3.8, 4) is 0 Å². The van der Waals surface area contributed by atoms with Crippen molar-refractivity contribution in [2.75, 3.05) is 14.1 Å². The lowest BCUT2D eigenvalue weighted by atomic mass is 9.40. The Kier molecular flexibility index (Phi) is 2.99. The topological polar surface area (TPSA) is 32.3 Å². The molecule has 3 nitrogen and oxygen atoms in total. The van der Waals surface area contributed by atoms with Gasteiger partial charge in [-0.3, -0.25) is 4.79 Å². The summed E-state index contributed by atoms with van der Waals surface area (Å²) in [5, 5.41) is 3.53. The van der Waals surface area contributed by atoms with Gasteiger partial charge in [-0.25, -0.2) is 0 Å². The maximum Gasteiger partial charge on any atom is 0.232 e. The van der Waals surface area contributed by atoms with Crippen molar-refractivity contribution in [3.05, 3.63) is 0 Å². The van der Waals surface area contributed by atoms with E-state index in [1.54, 1.807) is 4.90 Å². The number of nitrogens with one attached hydrogen (secondary N) is 1. The van der Waals surface area contributed by atoms with E-state index < -0.39 is 0 Å². The summed E-state index contributed by atoms with van der Waals surface area (Å²) < 4.78 is 0. The van der Waals surface area contributed by atoms with E-state index in [1.807, 2.05) is 14.1 Å². The second kappa shape index (κ2) is 4.19. The highest BCUT2D eigenvalue weighted by molar-refractivity contribution is 7.80. The molecule has 1 amide bonds. The fourth-order valence-electron chi connectivity index (χ4n) is 6.04. The smallest absolute Gasteiger partial charge is 0.232 e. The normalized spacial score (nSPS) is 45.3. The van der Waals surface area contributed by atoms with E-state index in [2.05, 4.69) is 19.2 Å². The van der Waals surface area contributed by atoms with Crippen molar-refractivity contribution in [1.29, 1.82) is 0 Å². The molecular weight excluding hydrogens is 268 g/mol. The van der Waals surface area contributed by atoms with Gasteiger partial charge in [0.25, 0.3) is 0 Å². The summed E-state index contributed by atoms with van der Waals surface area (Å²) in [5.41, 5.74) is 0.569. The molecule has 4 heteroatoms. The van der Waals surface area contributed by atoms with Gasteiger partial charge in [-0.2, -0.15) is 0 Å². The molecule has 4 saturated carbocycles. The Hall–Kier alpha value is -0.640. The van der Waals surface area contributed by atoms with Gasteiger partial charge in [0.15, 0.2) is 5.11 Å². The lowest BCUT2D eigenvalue weighted by Crippen LogP contribution is -2.60. The van der Waals surface area contributed by atoms with Gasteiger partial charge in [0, 0.05) is 14.1 Å². The quantitative estimate of drug-likeness (QED) is 0.755. The van der Waals surface area contributed by atoms with Crippen LogP contribution in [-0.4, -0.2) is 30.0 Å². The molecule has 4 aliphatic carbocycles. The van der Waals surface area contributed by atoms with Crippen LogP contribution in [0.5, 0.6) is 0 Å². The Labute approximate surface area is 127 Å². The molecule has 0 spiro atoms. The standard InChI is InChI=1S/C16H26N2OS/c1-14-5-11-6-15(2,8-14)10-16(7-11,9-14)12(19)17-13(20)18(3)4/h11H,5-10H2,1-4H3,(H,17,19,20)/t11?,14-,15-,16?/m1/s1.